The first-order valence-corrected chi connectivity index (χ1v) is 7.29. The number of methoxy groups -OCH3 is 1. The third-order valence-corrected chi connectivity index (χ3v) is 3.94. The van der Waals surface area contributed by atoms with Gasteiger partial charge in [0.15, 0.2) is 0 Å². The SMILES string of the molecule is COC(=O)N1CCC(C(=O)Nc2ccc(Br)cc2)CC1. The Kier molecular flexibility index (Phi) is 5.00. The summed E-state index contributed by atoms with van der Waals surface area (Å²) in [6, 6.07) is 7.47. The third kappa shape index (κ3) is 3.72. The summed E-state index contributed by atoms with van der Waals surface area (Å²) >= 11 is 3.35. The minimum absolute atomic E-state index is 0.0110. The van der Waals surface area contributed by atoms with E-state index in [9.17, 15) is 9.59 Å². The molecule has 0 saturated carbocycles. The summed E-state index contributed by atoms with van der Waals surface area (Å²) in [4.78, 5) is 25.1. The number of ether oxygens (including phenoxy) is 1. The van der Waals surface area contributed by atoms with Crippen LogP contribution in [0.2, 0.25) is 0 Å². The molecule has 1 aromatic carbocycles. The Hall–Kier alpha value is -1.56. The molecule has 0 aromatic heterocycles. The Morgan fingerprint density at radius 3 is 2.40 bits per heavy atom. The molecule has 1 aliphatic heterocycles. The zero-order chi connectivity index (χ0) is 14.5. The highest BCUT2D eigenvalue weighted by molar-refractivity contribution is 9.10. The molecule has 1 heterocycles. The van der Waals surface area contributed by atoms with Crippen molar-refractivity contribution in [1.82, 2.24) is 4.90 Å². The lowest BCUT2D eigenvalue weighted by molar-refractivity contribution is -0.121. The number of rotatable bonds is 2. The van der Waals surface area contributed by atoms with Crippen LogP contribution in [0, 0.1) is 5.92 Å². The monoisotopic (exact) mass is 340 g/mol. The van der Waals surface area contributed by atoms with Crippen molar-refractivity contribution < 1.29 is 14.3 Å². The zero-order valence-electron chi connectivity index (χ0n) is 11.3. The highest BCUT2D eigenvalue weighted by Crippen LogP contribution is 2.21. The molecule has 5 nitrogen and oxygen atoms in total. The number of piperidine rings is 1. The number of carbonyl (C=O) groups excluding carboxylic acids is 2. The van der Waals surface area contributed by atoms with Crippen LogP contribution in [0.15, 0.2) is 28.7 Å². The molecule has 0 atom stereocenters. The van der Waals surface area contributed by atoms with Gasteiger partial charge in [0.05, 0.1) is 7.11 Å². The van der Waals surface area contributed by atoms with E-state index < -0.39 is 0 Å². The van der Waals surface area contributed by atoms with E-state index in [0.717, 1.165) is 10.2 Å². The summed E-state index contributed by atoms with van der Waals surface area (Å²) in [5, 5.41) is 2.90. The Balaban J connectivity index is 1.85. The van der Waals surface area contributed by atoms with Crippen molar-refractivity contribution in [2.45, 2.75) is 12.8 Å². The second kappa shape index (κ2) is 6.74. The van der Waals surface area contributed by atoms with E-state index in [-0.39, 0.29) is 17.9 Å². The molecule has 108 valence electrons. The van der Waals surface area contributed by atoms with Crippen LogP contribution in [0.5, 0.6) is 0 Å². The van der Waals surface area contributed by atoms with Gasteiger partial charge in [0.1, 0.15) is 0 Å². The summed E-state index contributed by atoms with van der Waals surface area (Å²) in [6.07, 6.45) is 1.01. The van der Waals surface area contributed by atoms with Crippen molar-refractivity contribution in [3.8, 4) is 0 Å². The highest BCUT2D eigenvalue weighted by Gasteiger charge is 2.27. The maximum atomic E-state index is 12.1. The van der Waals surface area contributed by atoms with Gasteiger partial charge in [-0.1, -0.05) is 15.9 Å². The molecule has 0 unspecified atom stereocenters. The van der Waals surface area contributed by atoms with Gasteiger partial charge in [0.25, 0.3) is 0 Å². The van der Waals surface area contributed by atoms with Crippen molar-refractivity contribution in [2.75, 3.05) is 25.5 Å². The standard InChI is InChI=1S/C14H17BrN2O3/c1-20-14(19)17-8-6-10(7-9-17)13(18)16-12-4-2-11(15)3-5-12/h2-5,10H,6-9H2,1H3,(H,16,18). The van der Waals surface area contributed by atoms with Crippen molar-refractivity contribution in [1.29, 1.82) is 0 Å². The molecule has 2 amide bonds. The molecule has 0 aliphatic carbocycles. The predicted molar refractivity (Wildman–Crippen MR) is 79.5 cm³/mol. The first-order valence-electron chi connectivity index (χ1n) is 6.49. The number of nitrogens with zero attached hydrogens (tertiary/aromatic N) is 1. The Morgan fingerprint density at radius 1 is 1.25 bits per heavy atom. The fourth-order valence-corrected chi connectivity index (χ4v) is 2.50. The number of anilines is 1. The van der Waals surface area contributed by atoms with Gasteiger partial charge >= 0.3 is 6.09 Å². The Morgan fingerprint density at radius 2 is 1.85 bits per heavy atom. The van der Waals surface area contributed by atoms with Crippen LogP contribution in [-0.2, 0) is 9.53 Å². The largest absolute Gasteiger partial charge is 0.453 e. The molecule has 1 N–H and O–H groups in total. The molecule has 1 saturated heterocycles. The number of halogens is 1. The molecular formula is C14H17BrN2O3. The first-order chi connectivity index (χ1) is 9.60. The summed E-state index contributed by atoms with van der Waals surface area (Å²) < 4.78 is 5.65. The van der Waals surface area contributed by atoms with E-state index in [1.54, 1.807) is 4.90 Å². The average Bonchev–Trinajstić information content (AvgIpc) is 2.49. The Bertz CT molecular complexity index is 482. The van der Waals surface area contributed by atoms with Gasteiger partial charge in [-0.2, -0.15) is 0 Å². The lowest BCUT2D eigenvalue weighted by Gasteiger charge is -2.30. The second-order valence-electron chi connectivity index (χ2n) is 4.73. The average molecular weight is 341 g/mol. The summed E-state index contributed by atoms with van der Waals surface area (Å²) in [6.45, 7) is 1.12. The van der Waals surface area contributed by atoms with E-state index in [1.165, 1.54) is 7.11 Å². The fraction of sp³-hybridized carbons (Fsp3) is 0.429. The van der Waals surface area contributed by atoms with Crippen LogP contribution >= 0.6 is 15.9 Å². The number of amides is 2. The summed E-state index contributed by atoms with van der Waals surface area (Å²) in [5.41, 5.74) is 0.786. The number of hydrogen-bond donors (Lipinski definition) is 1. The highest BCUT2D eigenvalue weighted by atomic mass is 79.9. The second-order valence-corrected chi connectivity index (χ2v) is 5.64. The lowest BCUT2D eigenvalue weighted by atomic mass is 9.96. The zero-order valence-corrected chi connectivity index (χ0v) is 12.9. The number of carbonyl (C=O) groups is 2. The van der Waals surface area contributed by atoms with E-state index in [2.05, 4.69) is 26.0 Å². The van der Waals surface area contributed by atoms with Crippen LogP contribution < -0.4 is 5.32 Å². The third-order valence-electron chi connectivity index (χ3n) is 3.41. The van der Waals surface area contributed by atoms with Gasteiger partial charge < -0.3 is 15.0 Å². The number of likely N-dealkylation sites (tertiary alicyclic amines) is 1. The van der Waals surface area contributed by atoms with Crippen LogP contribution in [0.25, 0.3) is 0 Å². The van der Waals surface area contributed by atoms with E-state index >= 15 is 0 Å². The summed E-state index contributed by atoms with van der Waals surface area (Å²) in [7, 11) is 1.37. The van der Waals surface area contributed by atoms with Gasteiger partial charge in [-0.25, -0.2) is 4.79 Å². The lowest BCUT2D eigenvalue weighted by Crippen LogP contribution is -2.41. The molecule has 0 spiro atoms. The van der Waals surface area contributed by atoms with Gasteiger partial charge in [0, 0.05) is 29.2 Å². The number of hydrogen-bond acceptors (Lipinski definition) is 3. The molecule has 2 rings (SSSR count). The Labute approximate surface area is 126 Å². The minimum Gasteiger partial charge on any atom is -0.453 e. The van der Waals surface area contributed by atoms with E-state index in [0.29, 0.717) is 25.9 Å². The van der Waals surface area contributed by atoms with Gasteiger partial charge in [-0.05, 0) is 37.1 Å². The number of nitrogens with one attached hydrogen (secondary N) is 1. The normalized spacial score (nSPS) is 15.8. The molecule has 0 bridgehead atoms. The van der Waals surface area contributed by atoms with E-state index in [4.69, 9.17) is 0 Å². The fourth-order valence-electron chi connectivity index (χ4n) is 2.23. The van der Waals surface area contributed by atoms with Crippen LogP contribution in [0.1, 0.15) is 12.8 Å². The quantitative estimate of drug-likeness (QED) is 0.900. The smallest absolute Gasteiger partial charge is 0.409 e. The topological polar surface area (TPSA) is 58.6 Å². The van der Waals surface area contributed by atoms with Gasteiger partial charge in [0.2, 0.25) is 5.91 Å². The number of benzene rings is 1. The predicted octanol–water partition coefficient (Wildman–Crippen LogP) is 2.87. The molecule has 1 aliphatic rings. The molecular weight excluding hydrogens is 324 g/mol. The van der Waals surface area contributed by atoms with Crippen LogP contribution in [0.4, 0.5) is 10.5 Å². The van der Waals surface area contributed by atoms with Gasteiger partial charge in [-0.3, -0.25) is 4.79 Å². The maximum absolute atomic E-state index is 12.1. The molecule has 0 radical (unpaired) electrons. The minimum atomic E-state index is -0.322. The first kappa shape index (κ1) is 14.8. The molecule has 20 heavy (non-hydrogen) atoms. The van der Waals surface area contributed by atoms with Crippen LogP contribution in [-0.4, -0.2) is 37.1 Å². The van der Waals surface area contributed by atoms with Crippen molar-refractivity contribution in [3.05, 3.63) is 28.7 Å². The van der Waals surface area contributed by atoms with Crippen LogP contribution in [0.3, 0.4) is 0 Å². The van der Waals surface area contributed by atoms with Crippen molar-refractivity contribution in [3.63, 3.8) is 0 Å². The molecule has 1 fully saturated rings. The maximum Gasteiger partial charge on any atom is 0.409 e. The van der Waals surface area contributed by atoms with Gasteiger partial charge in [-0.15, -0.1) is 0 Å². The summed E-state index contributed by atoms with van der Waals surface area (Å²) in [5.74, 6) is -0.0450. The van der Waals surface area contributed by atoms with Crippen molar-refractivity contribution >= 4 is 33.6 Å². The van der Waals surface area contributed by atoms with Crippen molar-refractivity contribution in [2.24, 2.45) is 5.92 Å². The molecule has 6 heteroatoms. The molecule has 1 aromatic rings. The van der Waals surface area contributed by atoms with E-state index in [1.807, 2.05) is 24.3 Å².